The maximum absolute atomic E-state index is 12.8. The van der Waals surface area contributed by atoms with Gasteiger partial charge in [-0.1, -0.05) is 6.07 Å². The fourth-order valence-electron chi connectivity index (χ4n) is 1.23. The van der Waals surface area contributed by atoms with Gasteiger partial charge in [0.15, 0.2) is 10.1 Å². The topological polar surface area (TPSA) is 81.8 Å². The molecular weight excluding hydrogens is 247 g/mol. The predicted octanol–water partition coefficient (Wildman–Crippen LogP) is 0.789. The Kier molecular flexibility index (Phi) is 2.84. The summed E-state index contributed by atoms with van der Waals surface area (Å²) in [4.78, 5) is 3.63. The van der Waals surface area contributed by atoms with Gasteiger partial charge in [0.1, 0.15) is 18.2 Å². The van der Waals surface area contributed by atoms with Crippen molar-refractivity contribution in [3.63, 3.8) is 0 Å². The average molecular weight is 256 g/mol. The smallest absolute Gasteiger partial charge is 0.239 e. The summed E-state index contributed by atoms with van der Waals surface area (Å²) in [7, 11) is -3.68. The Labute approximate surface area is 97.3 Å². The highest BCUT2D eigenvalue weighted by molar-refractivity contribution is 8.10. The minimum absolute atomic E-state index is 0.181. The zero-order valence-electron chi connectivity index (χ0n) is 8.63. The van der Waals surface area contributed by atoms with E-state index in [1.165, 1.54) is 18.2 Å². The maximum atomic E-state index is 12.8. The van der Waals surface area contributed by atoms with Crippen molar-refractivity contribution < 1.29 is 17.5 Å². The fourth-order valence-corrected chi connectivity index (χ4v) is 2.10. The molecular formula is C10H9FN2O3S. The molecule has 5 nitrogen and oxygen atoms in total. The van der Waals surface area contributed by atoms with Gasteiger partial charge in [0, 0.05) is 6.07 Å². The number of nitrogens with zero attached hydrogens (tertiary/aromatic N) is 1. The Morgan fingerprint density at radius 3 is 2.76 bits per heavy atom. The van der Waals surface area contributed by atoms with Crippen LogP contribution in [0.4, 0.5) is 4.39 Å². The van der Waals surface area contributed by atoms with E-state index in [4.69, 9.17) is 10.5 Å². The van der Waals surface area contributed by atoms with Crippen LogP contribution in [0.25, 0.3) is 0 Å². The summed E-state index contributed by atoms with van der Waals surface area (Å²) < 4.78 is 40.9. The van der Waals surface area contributed by atoms with Crippen molar-refractivity contribution in [3.05, 3.63) is 41.3 Å². The van der Waals surface area contributed by atoms with Crippen LogP contribution in [0.5, 0.6) is 5.75 Å². The number of nitrogens with two attached hydrogens (primary N) is 1. The van der Waals surface area contributed by atoms with Crippen molar-refractivity contribution in [1.29, 1.82) is 0 Å². The van der Waals surface area contributed by atoms with Crippen LogP contribution in [0.15, 0.2) is 40.5 Å². The Balaban J connectivity index is 2.07. The number of ether oxygens (including phenoxy) is 1. The lowest BCUT2D eigenvalue weighted by atomic mass is 10.3. The summed E-state index contributed by atoms with van der Waals surface area (Å²) in [5.74, 6) is -0.232. The molecule has 0 saturated heterocycles. The normalized spacial score (nSPS) is 17.5. The monoisotopic (exact) mass is 256 g/mol. The average Bonchev–Trinajstić information content (AvgIpc) is 2.52. The number of sulfone groups is 1. The van der Waals surface area contributed by atoms with E-state index in [9.17, 15) is 12.8 Å². The van der Waals surface area contributed by atoms with Gasteiger partial charge in [0.25, 0.3) is 0 Å². The van der Waals surface area contributed by atoms with Crippen LogP contribution in [0.2, 0.25) is 0 Å². The van der Waals surface area contributed by atoms with Gasteiger partial charge in [-0.3, -0.25) is 0 Å². The molecule has 0 fully saturated rings. The Morgan fingerprint density at radius 2 is 2.18 bits per heavy atom. The Hall–Kier alpha value is -1.89. The maximum Gasteiger partial charge on any atom is 0.239 e. The summed E-state index contributed by atoms with van der Waals surface area (Å²) in [6, 6.07) is 5.39. The van der Waals surface area contributed by atoms with Gasteiger partial charge in [-0.05, 0) is 12.1 Å². The minimum Gasteiger partial charge on any atom is -0.486 e. The van der Waals surface area contributed by atoms with E-state index in [2.05, 4.69) is 4.99 Å². The van der Waals surface area contributed by atoms with Gasteiger partial charge >= 0.3 is 0 Å². The molecule has 1 heterocycles. The second-order valence-electron chi connectivity index (χ2n) is 3.30. The molecule has 0 atom stereocenters. The SMILES string of the molecule is NC1=CN=C(COc2cccc(F)c2)S1(=O)=O. The quantitative estimate of drug-likeness (QED) is 0.866. The Morgan fingerprint density at radius 1 is 1.41 bits per heavy atom. The molecule has 90 valence electrons. The van der Waals surface area contributed by atoms with E-state index in [-0.39, 0.29) is 22.4 Å². The summed E-state index contributed by atoms with van der Waals surface area (Å²) in [6.07, 6.45) is 1.06. The number of halogens is 1. The molecule has 0 saturated carbocycles. The van der Waals surface area contributed by atoms with Crippen molar-refractivity contribution in [3.8, 4) is 5.75 Å². The molecule has 0 aromatic heterocycles. The second kappa shape index (κ2) is 4.17. The Bertz CT molecular complexity index is 608. The van der Waals surface area contributed by atoms with Crippen LogP contribution < -0.4 is 10.5 Å². The van der Waals surface area contributed by atoms with E-state index in [0.29, 0.717) is 0 Å². The number of hydrogen-bond donors (Lipinski definition) is 1. The largest absolute Gasteiger partial charge is 0.486 e. The highest BCUT2D eigenvalue weighted by Crippen LogP contribution is 2.15. The molecule has 2 rings (SSSR count). The molecule has 7 heteroatoms. The third-order valence-electron chi connectivity index (χ3n) is 2.11. The van der Waals surface area contributed by atoms with E-state index >= 15 is 0 Å². The number of rotatable bonds is 3. The lowest BCUT2D eigenvalue weighted by Gasteiger charge is -2.06. The number of aliphatic imine (C=N–C) groups is 1. The summed E-state index contributed by atoms with van der Waals surface area (Å²) in [6.45, 7) is -0.275. The van der Waals surface area contributed by atoms with Gasteiger partial charge < -0.3 is 10.5 Å². The molecule has 2 N–H and O–H groups in total. The third-order valence-corrected chi connectivity index (χ3v) is 3.68. The standard InChI is InChI=1S/C10H9FN2O3S/c11-7-2-1-3-8(4-7)16-6-10-13-5-9(12)17(10,14)15/h1-5H,6,12H2. The molecule has 1 aliphatic rings. The van der Waals surface area contributed by atoms with Gasteiger partial charge in [0.2, 0.25) is 9.84 Å². The predicted molar refractivity (Wildman–Crippen MR) is 60.5 cm³/mol. The van der Waals surface area contributed by atoms with Crippen molar-refractivity contribution in [1.82, 2.24) is 0 Å². The zero-order valence-corrected chi connectivity index (χ0v) is 9.45. The fraction of sp³-hybridized carbons (Fsp3) is 0.100. The molecule has 0 bridgehead atoms. The number of benzene rings is 1. The van der Waals surface area contributed by atoms with Crippen LogP contribution in [0.1, 0.15) is 0 Å². The van der Waals surface area contributed by atoms with Crippen molar-refractivity contribution in [2.24, 2.45) is 10.7 Å². The van der Waals surface area contributed by atoms with E-state index in [1.807, 2.05) is 0 Å². The molecule has 1 aliphatic heterocycles. The van der Waals surface area contributed by atoms with Crippen LogP contribution in [-0.4, -0.2) is 20.1 Å². The van der Waals surface area contributed by atoms with E-state index in [0.717, 1.165) is 12.3 Å². The first-order valence-electron chi connectivity index (χ1n) is 4.66. The van der Waals surface area contributed by atoms with Gasteiger partial charge in [-0.25, -0.2) is 17.8 Å². The van der Waals surface area contributed by atoms with Gasteiger partial charge in [0.05, 0.1) is 6.20 Å². The molecule has 0 spiro atoms. The van der Waals surface area contributed by atoms with E-state index < -0.39 is 15.7 Å². The van der Waals surface area contributed by atoms with Gasteiger partial charge in [-0.2, -0.15) is 0 Å². The molecule has 0 aliphatic carbocycles. The lowest BCUT2D eigenvalue weighted by molar-refractivity contribution is 0.376. The van der Waals surface area contributed by atoms with Gasteiger partial charge in [-0.15, -0.1) is 0 Å². The van der Waals surface area contributed by atoms with Crippen LogP contribution in [-0.2, 0) is 9.84 Å². The highest BCUT2D eigenvalue weighted by Gasteiger charge is 2.27. The molecule has 0 amide bonds. The van der Waals surface area contributed by atoms with Crippen molar-refractivity contribution >= 4 is 14.9 Å². The highest BCUT2D eigenvalue weighted by atomic mass is 32.2. The molecule has 1 aromatic rings. The van der Waals surface area contributed by atoms with E-state index in [1.54, 1.807) is 0 Å². The molecule has 17 heavy (non-hydrogen) atoms. The van der Waals surface area contributed by atoms with Crippen LogP contribution in [0.3, 0.4) is 0 Å². The van der Waals surface area contributed by atoms with Crippen molar-refractivity contribution in [2.45, 2.75) is 0 Å². The first-order valence-corrected chi connectivity index (χ1v) is 6.14. The summed E-state index contributed by atoms with van der Waals surface area (Å²) in [5, 5.41) is -0.491. The molecule has 0 radical (unpaired) electrons. The molecule has 1 aromatic carbocycles. The van der Waals surface area contributed by atoms with Crippen molar-refractivity contribution in [2.75, 3.05) is 6.61 Å². The van der Waals surface area contributed by atoms with Crippen LogP contribution >= 0.6 is 0 Å². The number of hydrogen-bond acceptors (Lipinski definition) is 5. The second-order valence-corrected chi connectivity index (χ2v) is 5.25. The van der Waals surface area contributed by atoms with Crippen LogP contribution in [0, 0.1) is 5.82 Å². The minimum atomic E-state index is -3.68. The summed E-state index contributed by atoms with van der Waals surface area (Å²) in [5.41, 5.74) is 5.24. The summed E-state index contributed by atoms with van der Waals surface area (Å²) >= 11 is 0. The zero-order chi connectivity index (χ0) is 12.5. The first kappa shape index (κ1) is 11.6. The first-order chi connectivity index (χ1) is 8.00. The molecule has 0 unspecified atom stereocenters. The third kappa shape index (κ3) is 2.28. The lowest BCUT2D eigenvalue weighted by Crippen LogP contribution is -2.23.